The van der Waals surface area contributed by atoms with Crippen molar-refractivity contribution >= 4 is 53.4 Å². The fourth-order valence-corrected chi connectivity index (χ4v) is 5.15. The minimum Gasteiger partial charge on any atom is -0.437 e. The lowest BCUT2D eigenvalue weighted by molar-refractivity contribution is 0.465. The van der Waals surface area contributed by atoms with Crippen molar-refractivity contribution in [2.24, 2.45) is 0 Å². The average molecular weight is 440 g/mol. The van der Waals surface area contributed by atoms with Crippen LogP contribution in [0.15, 0.2) is 33.5 Å². The minimum absolute atomic E-state index is 0.660. The maximum Gasteiger partial charge on any atom is 0.231 e. The van der Waals surface area contributed by atoms with E-state index in [4.69, 9.17) is 4.74 Å². The van der Waals surface area contributed by atoms with Crippen molar-refractivity contribution in [1.29, 1.82) is 0 Å². The maximum atomic E-state index is 6.09. The molecule has 0 aliphatic heterocycles. The summed E-state index contributed by atoms with van der Waals surface area (Å²) >= 11 is 8.77. The van der Waals surface area contributed by atoms with Crippen LogP contribution in [0.1, 0.15) is 23.3 Å². The second-order valence-corrected chi connectivity index (χ2v) is 8.10. The topological polar surface area (TPSA) is 35.0 Å². The van der Waals surface area contributed by atoms with E-state index in [0.717, 1.165) is 37.8 Å². The van der Waals surface area contributed by atoms with Gasteiger partial charge in [-0.15, -0.1) is 11.3 Å². The van der Waals surface area contributed by atoms with Crippen molar-refractivity contribution in [3.05, 3.63) is 43.9 Å². The summed E-state index contributed by atoms with van der Waals surface area (Å²) in [7, 11) is 0. The van der Waals surface area contributed by atoms with Crippen LogP contribution in [0.2, 0.25) is 0 Å². The van der Waals surface area contributed by atoms with Crippen LogP contribution >= 0.6 is 43.2 Å². The molecule has 2 heterocycles. The van der Waals surface area contributed by atoms with Crippen molar-refractivity contribution < 1.29 is 4.74 Å². The third-order valence-electron chi connectivity index (χ3n) is 3.82. The van der Waals surface area contributed by atoms with Gasteiger partial charge in [0.1, 0.15) is 16.9 Å². The van der Waals surface area contributed by atoms with Gasteiger partial charge in [-0.1, -0.05) is 15.9 Å². The second kappa shape index (κ2) is 5.91. The van der Waals surface area contributed by atoms with Crippen LogP contribution in [0.5, 0.6) is 11.6 Å². The molecular formula is C16H12Br2N2OS. The van der Waals surface area contributed by atoms with Gasteiger partial charge >= 0.3 is 0 Å². The summed E-state index contributed by atoms with van der Waals surface area (Å²) in [6.07, 6.45) is 6.33. The number of hydrogen-bond donors (Lipinski definition) is 0. The molecule has 6 heteroatoms. The molecule has 1 aromatic carbocycles. The Morgan fingerprint density at radius 3 is 2.82 bits per heavy atom. The van der Waals surface area contributed by atoms with Crippen molar-refractivity contribution in [2.45, 2.75) is 25.7 Å². The third kappa shape index (κ3) is 2.57. The first-order valence-corrected chi connectivity index (χ1v) is 9.51. The van der Waals surface area contributed by atoms with Crippen molar-refractivity contribution in [3.63, 3.8) is 0 Å². The predicted octanol–water partition coefficient (Wildman–Crippen LogP) is 5.89. The lowest BCUT2D eigenvalue weighted by Crippen LogP contribution is -1.99. The normalized spacial score (nSPS) is 14.1. The molecule has 0 N–H and O–H groups in total. The highest BCUT2D eigenvalue weighted by molar-refractivity contribution is 9.11. The molecule has 1 aliphatic rings. The molecule has 0 radical (unpaired) electrons. The Morgan fingerprint density at radius 2 is 1.95 bits per heavy atom. The van der Waals surface area contributed by atoms with Crippen LogP contribution in [0.4, 0.5) is 0 Å². The van der Waals surface area contributed by atoms with Gasteiger partial charge in [-0.2, -0.15) is 0 Å². The van der Waals surface area contributed by atoms with Gasteiger partial charge in [-0.3, -0.25) is 0 Å². The summed E-state index contributed by atoms with van der Waals surface area (Å²) in [5.41, 5.74) is 1.38. The van der Waals surface area contributed by atoms with Gasteiger partial charge in [0.15, 0.2) is 0 Å². The smallest absolute Gasteiger partial charge is 0.231 e. The van der Waals surface area contributed by atoms with Gasteiger partial charge in [-0.25, -0.2) is 9.97 Å². The molecular weight excluding hydrogens is 428 g/mol. The summed E-state index contributed by atoms with van der Waals surface area (Å²) in [6, 6.07) is 5.86. The first-order chi connectivity index (χ1) is 10.7. The highest BCUT2D eigenvalue weighted by Crippen LogP contribution is 2.41. The fourth-order valence-electron chi connectivity index (χ4n) is 2.80. The van der Waals surface area contributed by atoms with E-state index in [2.05, 4.69) is 41.8 Å². The molecule has 0 amide bonds. The Hall–Kier alpha value is -0.980. The van der Waals surface area contributed by atoms with E-state index < -0.39 is 0 Å². The molecule has 0 fully saturated rings. The number of aryl methyl sites for hydroxylation is 2. The number of nitrogens with zero attached hydrogens (tertiary/aromatic N) is 2. The average Bonchev–Trinajstić information content (AvgIpc) is 2.89. The molecule has 3 aromatic rings. The van der Waals surface area contributed by atoms with Crippen molar-refractivity contribution in [1.82, 2.24) is 9.97 Å². The highest BCUT2D eigenvalue weighted by Gasteiger charge is 2.21. The minimum atomic E-state index is 0.660. The van der Waals surface area contributed by atoms with E-state index in [-0.39, 0.29) is 0 Å². The van der Waals surface area contributed by atoms with Gasteiger partial charge in [0.25, 0.3) is 0 Å². The lowest BCUT2D eigenvalue weighted by atomic mass is 9.97. The molecule has 0 atom stereocenters. The van der Waals surface area contributed by atoms with Crippen LogP contribution in [0.25, 0.3) is 10.2 Å². The van der Waals surface area contributed by atoms with Gasteiger partial charge in [-0.05, 0) is 65.4 Å². The third-order valence-corrected chi connectivity index (χ3v) is 6.13. The van der Waals surface area contributed by atoms with Gasteiger partial charge in [0.05, 0.1) is 9.86 Å². The van der Waals surface area contributed by atoms with Crippen LogP contribution in [0.3, 0.4) is 0 Å². The van der Waals surface area contributed by atoms with Crippen LogP contribution in [0, 0.1) is 0 Å². The molecule has 0 bridgehead atoms. The zero-order chi connectivity index (χ0) is 15.1. The number of halogens is 2. The van der Waals surface area contributed by atoms with E-state index in [1.165, 1.54) is 23.3 Å². The monoisotopic (exact) mass is 438 g/mol. The first-order valence-electron chi connectivity index (χ1n) is 7.10. The molecule has 22 heavy (non-hydrogen) atoms. The lowest BCUT2D eigenvalue weighted by Gasteiger charge is -2.12. The summed E-state index contributed by atoms with van der Waals surface area (Å²) in [4.78, 5) is 11.3. The zero-order valence-corrected chi connectivity index (χ0v) is 15.6. The molecule has 2 aromatic heterocycles. The molecule has 0 saturated heterocycles. The zero-order valence-electron chi connectivity index (χ0n) is 11.6. The highest BCUT2D eigenvalue weighted by atomic mass is 79.9. The molecule has 0 saturated carbocycles. The molecule has 112 valence electrons. The Bertz CT molecular complexity index is 863. The maximum absolute atomic E-state index is 6.09. The van der Waals surface area contributed by atoms with E-state index in [1.54, 1.807) is 17.7 Å². The number of hydrogen-bond acceptors (Lipinski definition) is 4. The van der Waals surface area contributed by atoms with Gasteiger partial charge in [0, 0.05) is 9.35 Å². The first kappa shape index (κ1) is 14.6. The van der Waals surface area contributed by atoms with E-state index >= 15 is 0 Å². The van der Waals surface area contributed by atoms with Crippen molar-refractivity contribution in [2.75, 3.05) is 0 Å². The van der Waals surface area contributed by atoms with Crippen LogP contribution in [-0.2, 0) is 12.8 Å². The molecule has 3 nitrogen and oxygen atoms in total. The summed E-state index contributed by atoms with van der Waals surface area (Å²) in [5.74, 6) is 1.42. The molecule has 0 spiro atoms. The van der Waals surface area contributed by atoms with Crippen LogP contribution in [-0.4, -0.2) is 9.97 Å². The van der Waals surface area contributed by atoms with Gasteiger partial charge < -0.3 is 4.74 Å². The Labute approximate surface area is 149 Å². The number of thiophene rings is 1. The number of rotatable bonds is 2. The second-order valence-electron chi connectivity index (χ2n) is 5.25. The van der Waals surface area contributed by atoms with Crippen molar-refractivity contribution in [3.8, 4) is 11.6 Å². The molecule has 1 aliphatic carbocycles. The fraction of sp³-hybridized carbons (Fsp3) is 0.250. The number of ether oxygens (including phenoxy) is 1. The Kier molecular flexibility index (Phi) is 3.92. The predicted molar refractivity (Wildman–Crippen MR) is 96.0 cm³/mol. The van der Waals surface area contributed by atoms with E-state index in [1.807, 2.05) is 18.2 Å². The SMILES string of the molecule is Brc1ccc(Oc2ncnc3sc4c(c23)CCCC4)c(Br)c1. The van der Waals surface area contributed by atoms with E-state index in [9.17, 15) is 0 Å². The Morgan fingerprint density at radius 1 is 1.09 bits per heavy atom. The summed E-state index contributed by atoms with van der Waals surface area (Å²) in [5, 5.41) is 1.09. The van der Waals surface area contributed by atoms with Crippen LogP contribution < -0.4 is 4.74 Å². The number of benzene rings is 1. The Balaban J connectivity index is 1.83. The molecule has 4 rings (SSSR count). The summed E-state index contributed by atoms with van der Waals surface area (Å²) < 4.78 is 8.00. The quantitative estimate of drug-likeness (QED) is 0.499. The summed E-state index contributed by atoms with van der Waals surface area (Å²) in [6.45, 7) is 0. The standard InChI is InChI=1S/C16H12Br2N2OS/c17-9-5-6-12(11(18)7-9)21-15-14-10-3-1-2-4-13(10)22-16(14)20-8-19-15/h5-8H,1-4H2. The largest absolute Gasteiger partial charge is 0.437 e. The molecule has 0 unspecified atom stereocenters. The number of aromatic nitrogens is 2. The number of fused-ring (bicyclic) bond motifs is 3. The van der Waals surface area contributed by atoms with E-state index in [0.29, 0.717) is 5.88 Å². The van der Waals surface area contributed by atoms with Gasteiger partial charge in [0.2, 0.25) is 5.88 Å².